The standard InChI is InChI=1S/C12H19N3O3S/c1-15(9-10-5-4-8-18-10)19(16,17)12-7-3-2-6-11(12)14-13/h2-3,6-7,10,14H,4-5,8-9,13H2,1H3. The Balaban J connectivity index is 2.20. The first kappa shape index (κ1) is 14.3. The van der Waals surface area contributed by atoms with Crippen LogP contribution in [0.2, 0.25) is 0 Å². The van der Waals surface area contributed by atoms with Crippen LogP contribution >= 0.6 is 0 Å². The molecule has 106 valence electrons. The van der Waals surface area contributed by atoms with E-state index in [2.05, 4.69) is 5.43 Å². The van der Waals surface area contributed by atoms with Crippen LogP contribution in [0.1, 0.15) is 12.8 Å². The highest BCUT2D eigenvalue weighted by Crippen LogP contribution is 2.24. The van der Waals surface area contributed by atoms with E-state index in [1.807, 2.05) is 0 Å². The van der Waals surface area contributed by atoms with Crippen LogP contribution in [0.25, 0.3) is 0 Å². The highest BCUT2D eigenvalue weighted by Gasteiger charge is 2.27. The molecular weight excluding hydrogens is 266 g/mol. The van der Waals surface area contributed by atoms with Crippen LogP contribution in [0.15, 0.2) is 29.2 Å². The van der Waals surface area contributed by atoms with Crippen molar-refractivity contribution in [1.29, 1.82) is 0 Å². The van der Waals surface area contributed by atoms with Crippen LogP contribution in [0, 0.1) is 0 Å². The minimum Gasteiger partial charge on any atom is -0.377 e. The second kappa shape index (κ2) is 5.87. The van der Waals surface area contributed by atoms with Gasteiger partial charge in [0, 0.05) is 20.2 Å². The zero-order valence-electron chi connectivity index (χ0n) is 10.9. The lowest BCUT2D eigenvalue weighted by atomic mass is 10.2. The van der Waals surface area contributed by atoms with Crippen molar-refractivity contribution in [2.24, 2.45) is 5.84 Å². The lowest BCUT2D eigenvalue weighted by Gasteiger charge is -2.21. The zero-order valence-corrected chi connectivity index (χ0v) is 11.7. The molecule has 19 heavy (non-hydrogen) atoms. The number of nitrogens with zero attached hydrogens (tertiary/aromatic N) is 1. The summed E-state index contributed by atoms with van der Waals surface area (Å²) >= 11 is 0. The molecule has 0 spiro atoms. The first-order valence-electron chi connectivity index (χ1n) is 6.19. The molecule has 6 nitrogen and oxygen atoms in total. The molecule has 1 heterocycles. The molecule has 0 amide bonds. The van der Waals surface area contributed by atoms with E-state index in [-0.39, 0.29) is 11.0 Å². The molecule has 1 aliphatic heterocycles. The van der Waals surface area contributed by atoms with Gasteiger partial charge in [-0.05, 0) is 25.0 Å². The van der Waals surface area contributed by atoms with Gasteiger partial charge in [0.25, 0.3) is 0 Å². The van der Waals surface area contributed by atoms with Crippen LogP contribution in [0.3, 0.4) is 0 Å². The third-order valence-electron chi connectivity index (χ3n) is 3.22. The highest BCUT2D eigenvalue weighted by atomic mass is 32.2. The van der Waals surface area contributed by atoms with Crippen LogP contribution in [-0.4, -0.2) is 39.0 Å². The summed E-state index contributed by atoms with van der Waals surface area (Å²) in [4.78, 5) is 0.179. The van der Waals surface area contributed by atoms with Gasteiger partial charge >= 0.3 is 0 Å². The summed E-state index contributed by atoms with van der Waals surface area (Å²) in [6, 6.07) is 6.57. The molecule has 1 fully saturated rings. The topological polar surface area (TPSA) is 84.7 Å². The Morgan fingerprint density at radius 2 is 2.21 bits per heavy atom. The fourth-order valence-corrected chi connectivity index (χ4v) is 3.51. The lowest BCUT2D eigenvalue weighted by molar-refractivity contribution is 0.0979. The number of hydrogen-bond acceptors (Lipinski definition) is 5. The number of ether oxygens (including phenoxy) is 1. The van der Waals surface area contributed by atoms with Gasteiger partial charge in [0.2, 0.25) is 10.0 Å². The largest absolute Gasteiger partial charge is 0.377 e. The van der Waals surface area contributed by atoms with Crippen molar-refractivity contribution in [3.63, 3.8) is 0 Å². The number of nitrogens with one attached hydrogen (secondary N) is 1. The molecule has 2 rings (SSSR count). The number of sulfonamides is 1. The Morgan fingerprint density at radius 1 is 1.47 bits per heavy atom. The Labute approximate surface area is 113 Å². The molecule has 3 N–H and O–H groups in total. The molecule has 1 aromatic carbocycles. The molecule has 1 saturated heterocycles. The normalized spacial score (nSPS) is 19.8. The van der Waals surface area contributed by atoms with Crippen molar-refractivity contribution in [2.45, 2.75) is 23.8 Å². The van der Waals surface area contributed by atoms with Gasteiger partial charge in [0.05, 0.1) is 11.8 Å². The Kier molecular flexibility index (Phi) is 4.41. The quantitative estimate of drug-likeness (QED) is 0.616. The van der Waals surface area contributed by atoms with Gasteiger partial charge in [-0.15, -0.1) is 0 Å². The fraction of sp³-hybridized carbons (Fsp3) is 0.500. The number of rotatable bonds is 5. The molecular formula is C12H19N3O3S. The minimum atomic E-state index is -3.56. The predicted octanol–water partition coefficient (Wildman–Crippen LogP) is 0.772. The maximum Gasteiger partial charge on any atom is 0.245 e. The van der Waals surface area contributed by atoms with E-state index < -0.39 is 10.0 Å². The maximum atomic E-state index is 12.5. The van der Waals surface area contributed by atoms with Gasteiger partial charge in [0.1, 0.15) is 4.90 Å². The number of likely N-dealkylation sites (N-methyl/N-ethyl adjacent to an activating group) is 1. The Bertz CT molecular complexity index is 527. The van der Waals surface area contributed by atoms with Crippen molar-refractivity contribution in [3.05, 3.63) is 24.3 Å². The van der Waals surface area contributed by atoms with Crippen molar-refractivity contribution in [2.75, 3.05) is 25.6 Å². The number of nitrogens with two attached hydrogens (primary N) is 1. The smallest absolute Gasteiger partial charge is 0.245 e. The van der Waals surface area contributed by atoms with Gasteiger partial charge in [-0.3, -0.25) is 5.84 Å². The number of hydrogen-bond donors (Lipinski definition) is 2. The van der Waals surface area contributed by atoms with Gasteiger partial charge in [-0.25, -0.2) is 8.42 Å². The molecule has 0 bridgehead atoms. The van der Waals surface area contributed by atoms with Crippen molar-refractivity contribution < 1.29 is 13.2 Å². The summed E-state index contributed by atoms with van der Waals surface area (Å²) in [5, 5.41) is 0. The summed E-state index contributed by atoms with van der Waals surface area (Å²) < 4.78 is 31.7. The Hall–Kier alpha value is -1.15. The summed E-state index contributed by atoms with van der Waals surface area (Å²) in [7, 11) is -2.00. The van der Waals surface area contributed by atoms with Gasteiger partial charge < -0.3 is 10.2 Å². The minimum absolute atomic E-state index is 0.0160. The van der Waals surface area contributed by atoms with Crippen LogP contribution in [0.5, 0.6) is 0 Å². The first-order valence-corrected chi connectivity index (χ1v) is 7.63. The van der Waals surface area contributed by atoms with E-state index in [4.69, 9.17) is 10.6 Å². The third-order valence-corrected chi connectivity index (χ3v) is 5.10. The number of para-hydroxylation sites is 1. The van der Waals surface area contributed by atoms with Crippen LogP contribution in [0.4, 0.5) is 5.69 Å². The second-order valence-corrected chi connectivity index (χ2v) is 6.57. The molecule has 1 aliphatic rings. The number of hydrazine groups is 1. The number of anilines is 1. The first-order chi connectivity index (χ1) is 9.05. The number of benzene rings is 1. The fourth-order valence-electron chi connectivity index (χ4n) is 2.15. The molecule has 1 unspecified atom stereocenters. The summed E-state index contributed by atoms with van der Waals surface area (Å²) in [5.41, 5.74) is 2.80. The van der Waals surface area contributed by atoms with Crippen LogP contribution < -0.4 is 11.3 Å². The monoisotopic (exact) mass is 285 g/mol. The van der Waals surface area contributed by atoms with E-state index in [0.29, 0.717) is 18.8 Å². The zero-order chi connectivity index (χ0) is 13.9. The summed E-state index contributed by atoms with van der Waals surface area (Å²) in [6.07, 6.45) is 1.87. The SMILES string of the molecule is CN(CC1CCCO1)S(=O)(=O)c1ccccc1NN. The summed E-state index contributed by atoms with van der Waals surface area (Å²) in [5.74, 6) is 5.35. The molecule has 0 aromatic heterocycles. The molecule has 0 aliphatic carbocycles. The van der Waals surface area contributed by atoms with Crippen molar-refractivity contribution in [1.82, 2.24) is 4.31 Å². The van der Waals surface area contributed by atoms with E-state index in [1.165, 1.54) is 10.4 Å². The number of nitrogen functional groups attached to an aromatic ring is 1. The highest BCUT2D eigenvalue weighted by molar-refractivity contribution is 7.89. The molecule has 0 saturated carbocycles. The van der Waals surface area contributed by atoms with Gasteiger partial charge in [-0.1, -0.05) is 12.1 Å². The summed E-state index contributed by atoms with van der Waals surface area (Å²) in [6.45, 7) is 1.07. The lowest BCUT2D eigenvalue weighted by Crippen LogP contribution is -2.34. The van der Waals surface area contributed by atoms with E-state index in [1.54, 1.807) is 25.2 Å². The van der Waals surface area contributed by atoms with Crippen molar-refractivity contribution in [3.8, 4) is 0 Å². The predicted molar refractivity (Wildman–Crippen MR) is 73.0 cm³/mol. The molecule has 0 radical (unpaired) electrons. The van der Waals surface area contributed by atoms with Gasteiger partial charge in [0.15, 0.2) is 0 Å². The molecule has 1 atom stereocenters. The Morgan fingerprint density at radius 3 is 2.84 bits per heavy atom. The molecule has 7 heteroatoms. The molecule has 1 aromatic rings. The van der Waals surface area contributed by atoms with E-state index >= 15 is 0 Å². The third kappa shape index (κ3) is 3.06. The van der Waals surface area contributed by atoms with Gasteiger partial charge in [-0.2, -0.15) is 4.31 Å². The maximum absolute atomic E-state index is 12.5. The van der Waals surface area contributed by atoms with Crippen LogP contribution in [-0.2, 0) is 14.8 Å². The average molecular weight is 285 g/mol. The van der Waals surface area contributed by atoms with E-state index in [0.717, 1.165) is 12.8 Å². The van der Waals surface area contributed by atoms with Crippen molar-refractivity contribution >= 4 is 15.7 Å². The average Bonchev–Trinajstić information content (AvgIpc) is 2.91. The second-order valence-electron chi connectivity index (χ2n) is 4.56. The van der Waals surface area contributed by atoms with E-state index in [9.17, 15) is 8.42 Å².